The first-order valence-electron chi connectivity index (χ1n) is 8.57. The number of ether oxygens (including phenoxy) is 2. The van der Waals surface area contributed by atoms with E-state index in [0.29, 0.717) is 29.3 Å². The molecule has 0 aliphatic carbocycles. The molecule has 26 heavy (non-hydrogen) atoms. The highest BCUT2D eigenvalue weighted by molar-refractivity contribution is 5.94. The molecular formula is C20H24N2O4. The molecule has 0 atom stereocenters. The summed E-state index contributed by atoms with van der Waals surface area (Å²) in [7, 11) is 1.57. The number of carbonyl (C=O) groups excluding carboxylic acids is 2. The molecular weight excluding hydrogens is 332 g/mol. The molecule has 0 radical (unpaired) electrons. The van der Waals surface area contributed by atoms with Gasteiger partial charge in [0.1, 0.15) is 11.5 Å². The normalized spacial score (nSPS) is 10.1. The Kier molecular flexibility index (Phi) is 7.49. The standard InChI is InChI=1S/C20H24N2O4/c1-3-4-12-21-20(24)15-8-10-17(11-9-15)26-14-19(23)22-16-6-5-7-18(13-16)25-2/h5-11,13H,3-4,12,14H2,1-2H3,(H,21,24)(H,22,23). The molecule has 2 N–H and O–H groups in total. The molecule has 0 spiro atoms. The van der Waals surface area contributed by atoms with E-state index in [1.54, 1.807) is 55.6 Å². The number of nitrogens with one attached hydrogen (secondary N) is 2. The van der Waals surface area contributed by atoms with Crippen LogP contribution in [-0.2, 0) is 4.79 Å². The summed E-state index contributed by atoms with van der Waals surface area (Å²) >= 11 is 0. The van der Waals surface area contributed by atoms with Gasteiger partial charge in [0.15, 0.2) is 6.61 Å². The summed E-state index contributed by atoms with van der Waals surface area (Å²) in [4.78, 5) is 23.9. The largest absolute Gasteiger partial charge is 0.497 e. The molecule has 0 heterocycles. The highest BCUT2D eigenvalue weighted by atomic mass is 16.5. The van der Waals surface area contributed by atoms with Crippen LogP contribution in [0.1, 0.15) is 30.1 Å². The Morgan fingerprint density at radius 2 is 1.81 bits per heavy atom. The first-order valence-corrected chi connectivity index (χ1v) is 8.57. The van der Waals surface area contributed by atoms with Crippen LogP contribution in [0.15, 0.2) is 48.5 Å². The summed E-state index contributed by atoms with van der Waals surface area (Å²) in [5.41, 5.74) is 1.20. The lowest BCUT2D eigenvalue weighted by atomic mass is 10.2. The van der Waals surface area contributed by atoms with E-state index < -0.39 is 0 Å². The van der Waals surface area contributed by atoms with Crippen molar-refractivity contribution in [3.05, 3.63) is 54.1 Å². The van der Waals surface area contributed by atoms with E-state index in [0.717, 1.165) is 12.8 Å². The Balaban J connectivity index is 1.81. The van der Waals surface area contributed by atoms with E-state index in [9.17, 15) is 9.59 Å². The molecule has 138 valence electrons. The molecule has 0 bridgehead atoms. The molecule has 0 saturated carbocycles. The molecule has 2 amide bonds. The SMILES string of the molecule is CCCCNC(=O)c1ccc(OCC(=O)Nc2cccc(OC)c2)cc1. The summed E-state index contributed by atoms with van der Waals surface area (Å²) in [6.07, 6.45) is 1.99. The maximum absolute atomic E-state index is 12.0. The number of methoxy groups -OCH3 is 1. The summed E-state index contributed by atoms with van der Waals surface area (Å²) in [6.45, 7) is 2.61. The Bertz CT molecular complexity index is 729. The second-order valence-electron chi connectivity index (χ2n) is 5.70. The number of benzene rings is 2. The molecule has 0 fully saturated rings. The van der Waals surface area contributed by atoms with Crippen molar-refractivity contribution in [2.24, 2.45) is 0 Å². The van der Waals surface area contributed by atoms with Crippen molar-refractivity contribution < 1.29 is 19.1 Å². The van der Waals surface area contributed by atoms with Crippen molar-refractivity contribution in [1.82, 2.24) is 5.32 Å². The minimum Gasteiger partial charge on any atom is -0.497 e. The predicted octanol–water partition coefficient (Wildman–Crippen LogP) is 3.24. The number of rotatable bonds is 9. The molecule has 6 heteroatoms. The lowest BCUT2D eigenvalue weighted by Crippen LogP contribution is -2.24. The van der Waals surface area contributed by atoms with Crippen molar-refractivity contribution in [1.29, 1.82) is 0 Å². The van der Waals surface area contributed by atoms with Gasteiger partial charge in [0.05, 0.1) is 7.11 Å². The monoisotopic (exact) mass is 356 g/mol. The topological polar surface area (TPSA) is 76.7 Å². The number of carbonyl (C=O) groups is 2. The van der Waals surface area contributed by atoms with Crippen LogP contribution in [0.4, 0.5) is 5.69 Å². The molecule has 0 aliphatic rings. The van der Waals surface area contributed by atoms with Crippen molar-refractivity contribution in [2.75, 3.05) is 25.6 Å². The van der Waals surface area contributed by atoms with Crippen molar-refractivity contribution in [2.45, 2.75) is 19.8 Å². The summed E-state index contributed by atoms with van der Waals surface area (Å²) in [6, 6.07) is 13.8. The van der Waals surface area contributed by atoms with E-state index in [2.05, 4.69) is 17.6 Å². The van der Waals surface area contributed by atoms with E-state index >= 15 is 0 Å². The van der Waals surface area contributed by atoms with Gasteiger partial charge in [-0.2, -0.15) is 0 Å². The van der Waals surface area contributed by atoms with Gasteiger partial charge in [0, 0.05) is 23.9 Å². The van der Waals surface area contributed by atoms with Crippen LogP contribution in [0, 0.1) is 0 Å². The minimum atomic E-state index is -0.278. The lowest BCUT2D eigenvalue weighted by Gasteiger charge is -2.09. The summed E-state index contributed by atoms with van der Waals surface area (Å²) in [5, 5.41) is 5.59. The fourth-order valence-corrected chi connectivity index (χ4v) is 2.23. The lowest BCUT2D eigenvalue weighted by molar-refractivity contribution is -0.118. The summed E-state index contributed by atoms with van der Waals surface area (Å²) in [5.74, 6) is 0.799. The highest BCUT2D eigenvalue weighted by Gasteiger charge is 2.07. The van der Waals surface area contributed by atoms with E-state index in [1.165, 1.54) is 0 Å². The number of anilines is 1. The predicted molar refractivity (Wildman–Crippen MR) is 101 cm³/mol. The van der Waals surface area contributed by atoms with E-state index in [-0.39, 0.29) is 18.4 Å². The van der Waals surface area contributed by atoms with Gasteiger partial charge < -0.3 is 20.1 Å². The fourth-order valence-electron chi connectivity index (χ4n) is 2.23. The third kappa shape index (κ3) is 6.12. The molecule has 2 aromatic rings. The average molecular weight is 356 g/mol. The number of hydrogen-bond donors (Lipinski definition) is 2. The van der Waals surface area contributed by atoms with Gasteiger partial charge in [-0.3, -0.25) is 9.59 Å². The number of hydrogen-bond acceptors (Lipinski definition) is 4. The fraction of sp³-hybridized carbons (Fsp3) is 0.300. The van der Waals surface area contributed by atoms with Crippen LogP contribution < -0.4 is 20.1 Å². The Hall–Kier alpha value is -3.02. The number of amides is 2. The zero-order valence-electron chi connectivity index (χ0n) is 15.1. The van der Waals surface area contributed by atoms with Crippen LogP contribution in [0.5, 0.6) is 11.5 Å². The molecule has 0 aromatic heterocycles. The third-order valence-corrected chi connectivity index (χ3v) is 3.66. The van der Waals surface area contributed by atoms with E-state index in [1.807, 2.05) is 0 Å². The molecule has 0 saturated heterocycles. The zero-order chi connectivity index (χ0) is 18.8. The highest BCUT2D eigenvalue weighted by Crippen LogP contribution is 2.17. The molecule has 0 unspecified atom stereocenters. The van der Waals surface area contributed by atoms with Gasteiger partial charge >= 0.3 is 0 Å². The Morgan fingerprint density at radius 1 is 1.04 bits per heavy atom. The Labute approximate surface area is 153 Å². The minimum absolute atomic E-state index is 0.110. The molecule has 2 rings (SSSR count). The first-order chi connectivity index (χ1) is 12.6. The maximum atomic E-state index is 12.0. The zero-order valence-corrected chi connectivity index (χ0v) is 15.1. The van der Waals surface area contributed by atoms with Crippen LogP contribution in [0.2, 0.25) is 0 Å². The van der Waals surface area contributed by atoms with Gasteiger partial charge in [-0.1, -0.05) is 19.4 Å². The molecule has 6 nitrogen and oxygen atoms in total. The molecule has 2 aromatic carbocycles. The van der Waals surface area contributed by atoms with Crippen LogP contribution >= 0.6 is 0 Å². The van der Waals surface area contributed by atoms with Crippen molar-refractivity contribution >= 4 is 17.5 Å². The second kappa shape index (κ2) is 10.1. The number of unbranched alkanes of at least 4 members (excludes halogenated alkanes) is 1. The smallest absolute Gasteiger partial charge is 0.262 e. The molecule has 0 aliphatic heterocycles. The van der Waals surface area contributed by atoms with Crippen molar-refractivity contribution in [3.63, 3.8) is 0 Å². The van der Waals surface area contributed by atoms with Gasteiger partial charge in [-0.25, -0.2) is 0 Å². The van der Waals surface area contributed by atoms with Gasteiger partial charge in [-0.15, -0.1) is 0 Å². The average Bonchev–Trinajstić information content (AvgIpc) is 2.67. The quantitative estimate of drug-likeness (QED) is 0.676. The first kappa shape index (κ1) is 19.3. The van der Waals surface area contributed by atoms with Crippen LogP contribution in [-0.4, -0.2) is 32.1 Å². The van der Waals surface area contributed by atoms with Crippen LogP contribution in [0.3, 0.4) is 0 Å². The van der Waals surface area contributed by atoms with E-state index in [4.69, 9.17) is 9.47 Å². The van der Waals surface area contributed by atoms with Crippen molar-refractivity contribution in [3.8, 4) is 11.5 Å². The van der Waals surface area contributed by atoms with Gasteiger partial charge in [-0.05, 0) is 42.8 Å². The second-order valence-corrected chi connectivity index (χ2v) is 5.70. The third-order valence-electron chi connectivity index (χ3n) is 3.66. The van der Waals surface area contributed by atoms with Crippen LogP contribution in [0.25, 0.3) is 0 Å². The maximum Gasteiger partial charge on any atom is 0.262 e. The Morgan fingerprint density at radius 3 is 2.50 bits per heavy atom. The van der Waals surface area contributed by atoms with Gasteiger partial charge in [0.25, 0.3) is 11.8 Å². The summed E-state index contributed by atoms with van der Waals surface area (Å²) < 4.78 is 10.6. The van der Waals surface area contributed by atoms with Gasteiger partial charge in [0.2, 0.25) is 0 Å².